The molecule has 0 saturated carbocycles. The third kappa shape index (κ3) is 4.45. The van der Waals surface area contributed by atoms with Gasteiger partial charge < -0.3 is 0 Å². The number of rotatable bonds is 6. The third-order valence-electron chi connectivity index (χ3n) is 4.64. The van der Waals surface area contributed by atoms with Crippen molar-refractivity contribution in [3.63, 3.8) is 0 Å². The molecule has 3 nitrogen and oxygen atoms in total. The van der Waals surface area contributed by atoms with Crippen LogP contribution < -0.4 is 4.72 Å². The van der Waals surface area contributed by atoms with Gasteiger partial charge >= 0.3 is 0 Å². The van der Waals surface area contributed by atoms with E-state index in [-0.39, 0.29) is 17.3 Å². The molecule has 6 heteroatoms. The summed E-state index contributed by atoms with van der Waals surface area (Å²) in [6, 6.07) is 22.4. The first kappa shape index (κ1) is 19.5. The number of sulfonamides is 1. The Morgan fingerprint density at radius 3 is 2.10 bits per heavy atom. The molecule has 0 unspecified atom stereocenters. The van der Waals surface area contributed by atoms with E-state index in [4.69, 9.17) is 0 Å². The maximum absolute atomic E-state index is 13.1. The first-order chi connectivity index (χ1) is 14.0. The van der Waals surface area contributed by atoms with Crippen molar-refractivity contribution in [1.82, 2.24) is 4.72 Å². The molecule has 29 heavy (non-hydrogen) atoms. The maximum Gasteiger partial charge on any atom is 0.240 e. The Kier molecular flexibility index (Phi) is 5.58. The van der Waals surface area contributed by atoms with Crippen molar-refractivity contribution < 1.29 is 12.8 Å². The van der Waals surface area contributed by atoms with Crippen molar-refractivity contribution in [2.24, 2.45) is 0 Å². The summed E-state index contributed by atoms with van der Waals surface area (Å²) in [5.41, 5.74) is 4.66. The van der Waals surface area contributed by atoms with E-state index in [1.54, 1.807) is 47.7 Å². The molecule has 0 atom stereocenters. The van der Waals surface area contributed by atoms with Gasteiger partial charge in [-0.3, -0.25) is 0 Å². The zero-order valence-electron chi connectivity index (χ0n) is 15.4. The van der Waals surface area contributed by atoms with Crippen molar-refractivity contribution in [3.05, 3.63) is 101 Å². The summed E-state index contributed by atoms with van der Waals surface area (Å²) in [5, 5.41) is 4.04. The van der Waals surface area contributed by atoms with Crippen LogP contribution in [0, 0.1) is 5.82 Å². The van der Waals surface area contributed by atoms with Crippen LogP contribution in [0.5, 0.6) is 0 Å². The highest BCUT2D eigenvalue weighted by Crippen LogP contribution is 2.26. The van der Waals surface area contributed by atoms with Crippen LogP contribution in [0.25, 0.3) is 22.3 Å². The Morgan fingerprint density at radius 1 is 0.793 bits per heavy atom. The topological polar surface area (TPSA) is 46.2 Å². The molecular weight excluding hydrogens is 405 g/mol. The van der Waals surface area contributed by atoms with Crippen molar-refractivity contribution in [1.29, 1.82) is 0 Å². The first-order valence-electron chi connectivity index (χ1n) is 8.99. The maximum atomic E-state index is 13.1. The Balaban J connectivity index is 1.52. The zero-order chi connectivity index (χ0) is 20.3. The van der Waals surface area contributed by atoms with E-state index in [0.717, 1.165) is 27.8 Å². The van der Waals surface area contributed by atoms with Crippen LogP contribution in [-0.2, 0) is 16.6 Å². The fraction of sp³-hybridized carbons (Fsp3) is 0.0435. The second-order valence-electron chi connectivity index (χ2n) is 6.52. The molecule has 0 fully saturated rings. The fourth-order valence-corrected chi connectivity index (χ4v) is 4.76. The second kappa shape index (κ2) is 8.29. The highest BCUT2D eigenvalue weighted by molar-refractivity contribution is 7.89. The summed E-state index contributed by atoms with van der Waals surface area (Å²) >= 11 is 1.60. The van der Waals surface area contributed by atoms with Crippen LogP contribution in [0.1, 0.15) is 5.56 Å². The quantitative estimate of drug-likeness (QED) is 0.432. The van der Waals surface area contributed by atoms with Gasteiger partial charge in [0, 0.05) is 6.54 Å². The number of hydrogen-bond acceptors (Lipinski definition) is 3. The van der Waals surface area contributed by atoms with Gasteiger partial charge in [-0.2, -0.15) is 11.3 Å². The smallest absolute Gasteiger partial charge is 0.207 e. The summed E-state index contributed by atoms with van der Waals surface area (Å²) in [4.78, 5) is 0.191. The average Bonchev–Trinajstić information content (AvgIpc) is 3.28. The molecule has 0 saturated heterocycles. The summed E-state index contributed by atoms with van der Waals surface area (Å²) in [7, 11) is -3.66. The van der Waals surface area contributed by atoms with E-state index in [1.807, 2.05) is 41.1 Å². The van der Waals surface area contributed by atoms with Crippen LogP contribution in [0.2, 0.25) is 0 Å². The standard InChI is InChI=1S/C23H18FNO2S2/c24-21-9-5-17(6-10-21)18-7-11-22(12-8-18)29(26,27)25-15-19-3-1-2-4-23(19)20-13-14-28-16-20/h1-14,16,25H,15H2. The first-order valence-corrected chi connectivity index (χ1v) is 11.4. The number of hydrogen-bond donors (Lipinski definition) is 1. The molecule has 1 aromatic heterocycles. The zero-order valence-corrected chi connectivity index (χ0v) is 17.0. The van der Waals surface area contributed by atoms with Gasteiger partial charge in [-0.15, -0.1) is 0 Å². The van der Waals surface area contributed by atoms with E-state index in [2.05, 4.69) is 4.72 Å². The molecule has 1 N–H and O–H groups in total. The van der Waals surface area contributed by atoms with Crippen LogP contribution in [0.4, 0.5) is 4.39 Å². The lowest BCUT2D eigenvalue weighted by Gasteiger charge is -2.11. The summed E-state index contributed by atoms with van der Waals surface area (Å²) in [6.45, 7) is 0.202. The molecule has 0 aliphatic heterocycles. The van der Waals surface area contributed by atoms with Crippen molar-refractivity contribution in [3.8, 4) is 22.3 Å². The van der Waals surface area contributed by atoms with E-state index in [9.17, 15) is 12.8 Å². The summed E-state index contributed by atoms with van der Waals surface area (Å²) < 4.78 is 41.2. The largest absolute Gasteiger partial charge is 0.240 e. The Bertz CT molecular complexity index is 1200. The highest BCUT2D eigenvalue weighted by atomic mass is 32.2. The van der Waals surface area contributed by atoms with Crippen molar-refractivity contribution >= 4 is 21.4 Å². The molecule has 1 heterocycles. The number of nitrogens with one attached hydrogen (secondary N) is 1. The lowest BCUT2D eigenvalue weighted by molar-refractivity contribution is 0.581. The Labute approximate surface area is 173 Å². The molecule has 4 rings (SSSR count). The van der Waals surface area contributed by atoms with E-state index >= 15 is 0 Å². The van der Waals surface area contributed by atoms with Gasteiger partial charge in [0.05, 0.1) is 4.90 Å². The van der Waals surface area contributed by atoms with E-state index in [1.165, 1.54) is 12.1 Å². The van der Waals surface area contributed by atoms with Crippen molar-refractivity contribution in [2.45, 2.75) is 11.4 Å². The Morgan fingerprint density at radius 2 is 1.45 bits per heavy atom. The van der Waals surface area contributed by atoms with Crippen LogP contribution in [0.3, 0.4) is 0 Å². The van der Waals surface area contributed by atoms with Crippen LogP contribution in [-0.4, -0.2) is 8.42 Å². The molecule has 146 valence electrons. The van der Waals surface area contributed by atoms with Gasteiger partial charge in [-0.05, 0) is 68.9 Å². The normalized spacial score (nSPS) is 11.5. The molecule has 0 radical (unpaired) electrons. The molecule has 4 aromatic rings. The fourth-order valence-electron chi connectivity index (χ4n) is 3.10. The Hall–Kier alpha value is -2.80. The second-order valence-corrected chi connectivity index (χ2v) is 9.07. The molecular formula is C23H18FNO2S2. The number of thiophene rings is 1. The molecule has 0 aliphatic rings. The molecule has 0 spiro atoms. The van der Waals surface area contributed by atoms with Gasteiger partial charge in [-0.1, -0.05) is 48.5 Å². The third-order valence-corrected chi connectivity index (χ3v) is 6.74. The lowest BCUT2D eigenvalue weighted by atomic mass is 10.0. The highest BCUT2D eigenvalue weighted by Gasteiger charge is 2.15. The lowest BCUT2D eigenvalue weighted by Crippen LogP contribution is -2.23. The van der Waals surface area contributed by atoms with Crippen molar-refractivity contribution in [2.75, 3.05) is 0 Å². The van der Waals surface area contributed by atoms with Gasteiger partial charge in [0.25, 0.3) is 0 Å². The average molecular weight is 424 g/mol. The van der Waals surface area contributed by atoms with Crippen LogP contribution >= 0.6 is 11.3 Å². The summed E-state index contributed by atoms with van der Waals surface area (Å²) in [6.07, 6.45) is 0. The number of benzene rings is 3. The van der Waals surface area contributed by atoms with Gasteiger partial charge in [-0.25, -0.2) is 17.5 Å². The molecule has 0 bridgehead atoms. The summed E-state index contributed by atoms with van der Waals surface area (Å²) in [5.74, 6) is -0.306. The minimum Gasteiger partial charge on any atom is -0.207 e. The molecule has 0 amide bonds. The van der Waals surface area contributed by atoms with Gasteiger partial charge in [0.1, 0.15) is 5.82 Å². The minimum absolute atomic E-state index is 0.191. The SMILES string of the molecule is O=S(=O)(NCc1ccccc1-c1ccsc1)c1ccc(-c2ccc(F)cc2)cc1. The predicted molar refractivity (Wildman–Crippen MR) is 116 cm³/mol. The molecule has 0 aliphatic carbocycles. The predicted octanol–water partition coefficient (Wildman–Crippen LogP) is 5.70. The van der Waals surface area contributed by atoms with Gasteiger partial charge in [0.2, 0.25) is 10.0 Å². The molecule has 3 aromatic carbocycles. The monoisotopic (exact) mass is 423 g/mol. The number of halogens is 1. The minimum atomic E-state index is -3.66. The van der Waals surface area contributed by atoms with Gasteiger partial charge in [0.15, 0.2) is 0 Å². The van der Waals surface area contributed by atoms with E-state index < -0.39 is 10.0 Å². The van der Waals surface area contributed by atoms with Crippen LogP contribution in [0.15, 0.2) is 94.5 Å². The van der Waals surface area contributed by atoms with E-state index in [0.29, 0.717) is 0 Å².